The van der Waals surface area contributed by atoms with Crippen molar-refractivity contribution in [2.75, 3.05) is 0 Å². The van der Waals surface area contributed by atoms with E-state index in [2.05, 4.69) is 18.2 Å². The Kier molecular flexibility index (Phi) is 6.21. The van der Waals surface area contributed by atoms with Gasteiger partial charge in [-0.2, -0.15) is 0 Å². The van der Waals surface area contributed by atoms with Crippen LogP contribution in [0.4, 0.5) is 0 Å². The Morgan fingerprint density at radius 3 is 1.69 bits per heavy atom. The van der Waals surface area contributed by atoms with Gasteiger partial charge in [0.25, 0.3) is 0 Å². The highest BCUT2D eigenvalue weighted by Crippen LogP contribution is 2.53. The molecule has 0 saturated heterocycles. The molecule has 2 aliphatic rings. The van der Waals surface area contributed by atoms with Crippen molar-refractivity contribution in [1.29, 1.82) is 0 Å². The molecular weight excluding hydrogens is 556 g/mol. The van der Waals surface area contributed by atoms with Gasteiger partial charge >= 0.3 is 5.79 Å². The predicted octanol–water partition coefficient (Wildman–Crippen LogP) is 9.83. The molecule has 0 bridgehead atoms. The van der Waals surface area contributed by atoms with E-state index in [-0.39, 0.29) is 11.6 Å². The fourth-order valence-electron chi connectivity index (χ4n) is 7.14. The molecule has 0 amide bonds. The summed E-state index contributed by atoms with van der Waals surface area (Å²) in [5.74, 6) is -0.304. The molecule has 6 aromatic carbocycles. The Morgan fingerprint density at radius 1 is 0.511 bits per heavy atom. The van der Waals surface area contributed by atoms with Crippen LogP contribution in [0.15, 0.2) is 132 Å². The van der Waals surface area contributed by atoms with E-state index in [1.807, 2.05) is 117 Å². The molecule has 0 spiro atoms. The lowest BCUT2D eigenvalue weighted by Gasteiger charge is -2.34. The van der Waals surface area contributed by atoms with Crippen molar-refractivity contribution < 1.29 is 19.1 Å². The average molecular weight is 587 g/mol. The molecule has 4 nitrogen and oxygen atoms in total. The normalized spacial score (nSPS) is 15.2. The Morgan fingerprint density at radius 2 is 1.04 bits per heavy atom. The summed E-state index contributed by atoms with van der Waals surface area (Å²) in [4.78, 5) is 28.3. The standard InChI is InChI=1S/C41H30O4/c1-3-29-30(4-2)40(43)37-32(39(29)42)22-19-26-21-24-34-38(35(26)37)36-31-18-12-11-13-25(31)20-23-33(36)44-41(45-34,27-14-7-5-8-15-27)28-16-9-6-10-17-28/h5-24H,3-4H2,1-2H3. The van der Waals surface area contributed by atoms with Gasteiger partial charge in [0.15, 0.2) is 11.6 Å². The molecule has 0 radical (unpaired) electrons. The lowest BCUT2D eigenvalue weighted by Crippen LogP contribution is -2.40. The van der Waals surface area contributed by atoms with Gasteiger partial charge in [0.05, 0.1) is 0 Å². The molecular formula is C41H30O4. The van der Waals surface area contributed by atoms with Gasteiger partial charge in [-0.15, -0.1) is 0 Å². The number of carbonyl (C=O) groups excluding carboxylic acids is 2. The third kappa shape index (κ3) is 3.92. The Bertz CT molecular complexity index is 2170. The van der Waals surface area contributed by atoms with Crippen LogP contribution in [0.5, 0.6) is 11.5 Å². The Balaban J connectivity index is 1.55. The van der Waals surface area contributed by atoms with Crippen molar-refractivity contribution in [3.63, 3.8) is 0 Å². The minimum Gasteiger partial charge on any atom is -0.444 e. The van der Waals surface area contributed by atoms with Gasteiger partial charge in [-0.1, -0.05) is 117 Å². The predicted molar refractivity (Wildman–Crippen MR) is 178 cm³/mol. The number of carbonyl (C=O) groups is 2. The highest BCUT2D eigenvalue weighted by molar-refractivity contribution is 6.32. The van der Waals surface area contributed by atoms with E-state index in [1.54, 1.807) is 0 Å². The number of rotatable bonds is 4. The van der Waals surface area contributed by atoms with Crippen LogP contribution < -0.4 is 9.47 Å². The zero-order valence-corrected chi connectivity index (χ0v) is 25.1. The van der Waals surface area contributed by atoms with Gasteiger partial charge in [0, 0.05) is 49.9 Å². The third-order valence-electron chi connectivity index (χ3n) is 9.20. The first-order valence-corrected chi connectivity index (χ1v) is 15.5. The van der Waals surface area contributed by atoms with Crippen LogP contribution >= 0.6 is 0 Å². The fraction of sp³-hybridized carbons (Fsp3) is 0.122. The summed E-state index contributed by atoms with van der Waals surface area (Å²) >= 11 is 0. The van der Waals surface area contributed by atoms with E-state index in [1.165, 1.54) is 0 Å². The molecule has 45 heavy (non-hydrogen) atoms. The summed E-state index contributed by atoms with van der Waals surface area (Å²) in [6.07, 6.45) is 1.00. The second kappa shape index (κ2) is 10.3. The topological polar surface area (TPSA) is 52.6 Å². The number of ether oxygens (including phenoxy) is 2. The molecule has 0 unspecified atom stereocenters. The molecule has 0 fully saturated rings. The van der Waals surface area contributed by atoms with Crippen LogP contribution in [0.2, 0.25) is 0 Å². The molecule has 0 saturated carbocycles. The maximum atomic E-state index is 14.4. The molecule has 1 aliphatic carbocycles. The molecule has 0 atom stereocenters. The third-order valence-corrected chi connectivity index (χ3v) is 9.20. The highest BCUT2D eigenvalue weighted by Gasteiger charge is 2.44. The second-order valence-corrected chi connectivity index (χ2v) is 11.6. The lowest BCUT2D eigenvalue weighted by atomic mass is 9.78. The van der Waals surface area contributed by atoms with Crippen LogP contribution in [0.25, 0.3) is 32.7 Å². The van der Waals surface area contributed by atoms with E-state index in [4.69, 9.17) is 9.47 Å². The van der Waals surface area contributed by atoms with Gasteiger partial charge in [-0.05, 0) is 47.2 Å². The van der Waals surface area contributed by atoms with Crippen LogP contribution in [0.3, 0.4) is 0 Å². The van der Waals surface area contributed by atoms with E-state index < -0.39 is 5.79 Å². The van der Waals surface area contributed by atoms with Crippen molar-refractivity contribution in [3.8, 4) is 22.6 Å². The minimum atomic E-state index is -1.34. The smallest absolute Gasteiger partial charge is 0.305 e. The molecule has 1 aliphatic heterocycles. The maximum absolute atomic E-state index is 14.4. The van der Waals surface area contributed by atoms with E-state index in [9.17, 15) is 9.59 Å². The highest BCUT2D eigenvalue weighted by atomic mass is 16.7. The molecule has 0 N–H and O–H groups in total. The van der Waals surface area contributed by atoms with Crippen LogP contribution in [-0.2, 0) is 5.79 Å². The Hall–Kier alpha value is -5.48. The number of allylic oxidation sites excluding steroid dienone is 2. The largest absolute Gasteiger partial charge is 0.444 e. The van der Waals surface area contributed by atoms with Gasteiger partial charge < -0.3 is 9.47 Å². The first kappa shape index (κ1) is 27.1. The van der Waals surface area contributed by atoms with Crippen LogP contribution in [0.1, 0.15) is 58.5 Å². The first-order chi connectivity index (χ1) is 22.1. The number of hydrogen-bond acceptors (Lipinski definition) is 4. The minimum absolute atomic E-state index is 0.0738. The zero-order valence-electron chi connectivity index (χ0n) is 25.1. The quantitative estimate of drug-likeness (QED) is 0.206. The molecule has 6 aromatic rings. The number of Topliss-reactive ketones (excluding diaryl/α,β-unsaturated/α-hetero) is 2. The zero-order chi connectivity index (χ0) is 30.7. The van der Waals surface area contributed by atoms with Crippen molar-refractivity contribution in [2.24, 2.45) is 0 Å². The van der Waals surface area contributed by atoms with Gasteiger partial charge in [-0.3, -0.25) is 9.59 Å². The summed E-state index contributed by atoms with van der Waals surface area (Å²) in [5, 5.41) is 3.57. The van der Waals surface area contributed by atoms with Gasteiger partial charge in [0.2, 0.25) is 0 Å². The Labute approximate surface area is 261 Å². The second-order valence-electron chi connectivity index (χ2n) is 11.6. The number of fused-ring (bicyclic) bond motifs is 9. The number of ketones is 2. The summed E-state index contributed by atoms with van der Waals surface area (Å²) in [5.41, 5.74) is 5.32. The summed E-state index contributed by atoms with van der Waals surface area (Å²) < 4.78 is 14.3. The van der Waals surface area contributed by atoms with Crippen LogP contribution in [0, 0.1) is 0 Å². The van der Waals surface area contributed by atoms with Crippen molar-refractivity contribution in [1.82, 2.24) is 0 Å². The summed E-state index contributed by atoms with van der Waals surface area (Å²) in [6, 6.07) is 39.8. The van der Waals surface area contributed by atoms with Crippen molar-refractivity contribution in [2.45, 2.75) is 32.5 Å². The molecule has 0 aromatic heterocycles. The molecule has 4 heteroatoms. The maximum Gasteiger partial charge on any atom is 0.305 e. The average Bonchev–Trinajstić information content (AvgIpc) is 3.25. The lowest BCUT2D eigenvalue weighted by molar-refractivity contribution is -0.0811. The van der Waals surface area contributed by atoms with E-state index in [0.717, 1.165) is 38.4 Å². The monoisotopic (exact) mass is 586 g/mol. The molecule has 1 heterocycles. The number of hydrogen-bond donors (Lipinski definition) is 0. The van der Waals surface area contributed by atoms with Gasteiger partial charge in [-0.25, -0.2) is 0 Å². The van der Waals surface area contributed by atoms with Crippen LogP contribution in [-0.4, -0.2) is 11.6 Å². The molecule has 218 valence electrons. The van der Waals surface area contributed by atoms with E-state index in [0.29, 0.717) is 52.0 Å². The van der Waals surface area contributed by atoms with E-state index >= 15 is 0 Å². The SMILES string of the molecule is CCC1=C(CC)C(=O)c2c(ccc3ccc4c(c23)-c2c(ccc3ccccc23)OC(c2ccccc2)(c2ccccc2)O4)C1=O. The first-order valence-electron chi connectivity index (χ1n) is 15.5. The number of benzene rings is 6. The van der Waals surface area contributed by atoms with Crippen molar-refractivity contribution >= 4 is 33.1 Å². The molecule has 8 rings (SSSR count). The summed E-state index contributed by atoms with van der Waals surface area (Å²) in [7, 11) is 0. The van der Waals surface area contributed by atoms with Gasteiger partial charge in [0.1, 0.15) is 11.5 Å². The van der Waals surface area contributed by atoms with Crippen molar-refractivity contribution in [3.05, 3.63) is 155 Å². The fourth-order valence-corrected chi connectivity index (χ4v) is 7.14. The summed E-state index contributed by atoms with van der Waals surface area (Å²) in [6.45, 7) is 3.88.